The van der Waals surface area contributed by atoms with Gasteiger partial charge >= 0.3 is 0 Å². The SMILES string of the molecule is CCOCCCNC(=O)[C@@H](C)Oc1cc(C)ccc1C. The van der Waals surface area contributed by atoms with Crippen molar-refractivity contribution in [3.63, 3.8) is 0 Å². The number of hydrogen-bond donors (Lipinski definition) is 1. The fraction of sp³-hybridized carbons (Fsp3) is 0.562. The fourth-order valence-electron chi connectivity index (χ4n) is 1.75. The first-order valence-electron chi connectivity index (χ1n) is 7.14. The second kappa shape index (κ2) is 8.59. The van der Waals surface area contributed by atoms with Gasteiger partial charge < -0.3 is 14.8 Å². The molecule has 1 amide bonds. The Labute approximate surface area is 121 Å². The highest BCUT2D eigenvalue weighted by Crippen LogP contribution is 2.20. The van der Waals surface area contributed by atoms with E-state index < -0.39 is 6.10 Å². The monoisotopic (exact) mass is 279 g/mol. The quantitative estimate of drug-likeness (QED) is 0.744. The van der Waals surface area contributed by atoms with E-state index in [1.807, 2.05) is 39.0 Å². The summed E-state index contributed by atoms with van der Waals surface area (Å²) in [5, 5.41) is 2.85. The second-order valence-corrected chi connectivity index (χ2v) is 4.87. The third-order valence-electron chi connectivity index (χ3n) is 2.99. The molecule has 0 heterocycles. The predicted octanol–water partition coefficient (Wildman–Crippen LogP) is 2.61. The number of aryl methyl sites for hydroxylation is 2. The molecule has 0 spiro atoms. The van der Waals surface area contributed by atoms with E-state index in [-0.39, 0.29) is 5.91 Å². The maximum atomic E-state index is 11.9. The summed E-state index contributed by atoms with van der Waals surface area (Å²) in [5.41, 5.74) is 2.15. The summed E-state index contributed by atoms with van der Waals surface area (Å²) >= 11 is 0. The largest absolute Gasteiger partial charge is 0.481 e. The minimum absolute atomic E-state index is 0.0950. The highest BCUT2D eigenvalue weighted by atomic mass is 16.5. The Morgan fingerprint density at radius 2 is 2.10 bits per heavy atom. The molecule has 1 aromatic carbocycles. The molecule has 0 aromatic heterocycles. The van der Waals surface area contributed by atoms with Crippen molar-refractivity contribution in [3.05, 3.63) is 29.3 Å². The van der Waals surface area contributed by atoms with Gasteiger partial charge in [0.05, 0.1) is 0 Å². The first kappa shape index (κ1) is 16.5. The van der Waals surface area contributed by atoms with E-state index in [2.05, 4.69) is 5.32 Å². The number of nitrogens with one attached hydrogen (secondary N) is 1. The van der Waals surface area contributed by atoms with Gasteiger partial charge in [0.1, 0.15) is 5.75 Å². The van der Waals surface area contributed by atoms with Crippen LogP contribution in [-0.2, 0) is 9.53 Å². The molecule has 0 saturated heterocycles. The Hall–Kier alpha value is -1.55. The van der Waals surface area contributed by atoms with Crippen molar-refractivity contribution in [3.8, 4) is 5.75 Å². The van der Waals surface area contributed by atoms with Crippen LogP contribution in [0.4, 0.5) is 0 Å². The van der Waals surface area contributed by atoms with Crippen molar-refractivity contribution < 1.29 is 14.3 Å². The third kappa shape index (κ3) is 5.61. The van der Waals surface area contributed by atoms with Crippen molar-refractivity contribution in [2.24, 2.45) is 0 Å². The molecule has 1 N–H and O–H groups in total. The van der Waals surface area contributed by atoms with Crippen LogP contribution < -0.4 is 10.1 Å². The van der Waals surface area contributed by atoms with Crippen LogP contribution in [0.3, 0.4) is 0 Å². The molecule has 1 aromatic rings. The van der Waals surface area contributed by atoms with Gasteiger partial charge in [0.15, 0.2) is 6.10 Å². The summed E-state index contributed by atoms with van der Waals surface area (Å²) in [7, 11) is 0. The third-order valence-corrected chi connectivity index (χ3v) is 2.99. The van der Waals surface area contributed by atoms with E-state index in [0.29, 0.717) is 19.8 Å². The van der Waals surface area contributed by atoms with Gasteiger partial charge in [0.2, 0.25) is 0 Å². The molecule has 0 aliphatic rings. The van der Waals surface area contributed by atoms with Crippen molar-refractivity contribution in [2.45, 2.75) is 40.2 Å². The summed E-state index contributed by atoms with van der Waals surface area (Å²) in [4.78, 5) is 11.9. The molecular formula is C16H25NO3. The van der Waals surface area contributed by atoms with Gasteiger partial charge in [-0.2, -0.15) is 0 Å². The van der Waals surface area contributed by atoms with Crippen LogP contribution in [0, 0.1) is 13.8 Å². The lowest BCUT2D eigenvalue weighted by Crippen LogP contribution is -2.37. The van der Waals surface area contributed by atoms with Crippen LogP contribution in [0.1, 0.15) is 31.4 Å². The molecule has 20 heavy (non-hydrogen) atoms. The van der Waals surface area contributed by atoms with Gasteiger partial charge in [0.25, 0.3) is 5.91 Å². The lowest BCUT2D eigenvalue weighted by Gasteiger charge is -2.16. The Bertz CT molecular complexity index is 432. The topological polar surface area (TPSA) is 47.6 Å². The Morgan fingerprint density at radius 1 is 1.35 bits per heavy atom. The zero-order valence-electron chi connectivity index (χ0n) is 12.9. The highest BCUT2D eigenvalue weighted by Gasteiger charge is 2.15. The normalized spacial score (nSPS) is 12.0. The molecule has 112 valence electrons. The first-order valence-corrected chi connectivity index (χ1v) is 7.14. The standard InChI is InChI=1S/C16H25NO3/c1-5-19-10-6-9-17-16(18)14(4)20-15-11-12(2)7-8-13(15)3/h7-8,11,14H,5-6,9-10H2,1-4H3,(H,17,18)/t14-/m1/s1. The van der Waals surface area contributed by atoms with Crippen LogP contribution in [0.5, 0.6) is 5.75 Å². The lowest BCUT2D eigenvalue weighted by molar-refractivity contribution is -0.127. The van der Waals surface area contributed by atoms with Gasteiger partial charge in [-0.15, -0.1) is 0 Å². The summed E-state index contributed by atoms with van der Waals surface area (Å²) in [5.74, 6) is 0.671. The Kier molecular flexibility index (Phi) is 7.09. The average Bonchev–Trinajstić information content (AvgIpc) is 2.42. The number of carbonyl (C=O) groups is 1. The van der Waals surface area contributed by atoms with Crippen LogP contribution >= 0.6 is 0 Å². The summed E-state index contributed by atoms with van der Waals surface area (Å²) in [6.45, 7) is 9.69. The summed E-state index contributed by atoms with van der Waals surface area (Å²) < 4.78 is 10.9. The second-order valence-electron chi connectivity index (χ2n) is 4.87. The van der Waals surface area contributed by atoms with Gasteiger partial charge in [-0.1, -0.05) is 12.1 Å². The fourth-order valence-corrected chi connectivity index (χ4v) is 1.75. The van der Waals surface area contributed by atoms with E-state index in [1.54, 1.807) is 6.92 Å². The predicted molar refractivity (Wildman–Crippen MR) is 80.1 cm³/mol. The van der Waals surface area contributed by atoms with Crippen molar-refractivity contribution in [1.82, 2.24) is 5.32 Å². The number of carbonyl (C=O) groups excluding carboxylic acids is 1. The highest BCUT2D eigenvalue weighted by molar-refractivity contribution is 5.80. The molecule has 4 heteroatoms. The van der Waals surface area contributed by atoms with Crippen LogP contribution in [0.15, 0.2) is 18.2 Å². The smallest absolute Gasteiger partial charge is 0.260 e. The summed E-state index contributed by atoms with van der Waals surface area (Å²) in [6, 6.07) is 5.98. The van der Waals surface area contributed by atoms with E-state index in [9.17, 15) is 4.79 Å². The first-order chi connectivity index (χ1) is 9.54. The number of amides is 1. The number of ether oxygens (including phenoxy) is 2. The van der Waals surface area contributed by atoms with Gasteiger partial charge in [-0.25, -0.2) is 0 Å². The average molecular weight is 279 g/mol. The van der Waals surface area contributed by atoms with Gasteiger partial charge in [0, 0.05) is 19.8 Å². The molecule has 0 bridgehead atoms. The molecule has 1 atom stereocenters. The maximum absolute atomic E-state index is 11.9. The molecule has 0 aliphatic carbocycles. The minimum atomic E-state index is -0.498. The molecule has 1 rings (SSSR count). The molecule has 0 saturated carbocycles. The molecule has 0 aliphatic heterocycles. The van der Waals surface area contributed by atoms with Crippen LogP contribution in [0.2, 0.25) is 0 Å². The maximum Gasteiger partial charge on any atom is 0.260 e. The zero-order valence-corrected chi connectivity index (χ0v) is 12.9. The van der Waals surface area contributed by atoms with Crippen LogP contribution in [-0.4, -0.2) is 31.8 Å². The van der Waals surface area contributed by atoms with E-state index in [0.717, 1.165) is 23.3 Å². The molecule has 0 unspecified atom stereocenters. The Balaban J connectivity index is 2.39. The van der Waals surface area contributed by atoms with E-state index >= 15 is 0 Å². The lowest BCUT2D eigenvalue weighted by atomic mass is 10.1. The molecule has 4 nitrogen and oxygen atoms in total. The molecular weight excluding hydrogens is 254 g/mol. The van der Waals surface area contributed by atoms with Crippen molar-refractivity contribution in [1.29, 1.82) is 0 Å². The van der Waals surface area contributed by atoms with E-state index in [1.165, 1.54) is 0 Å². The molecule has 0 fully saturated rings. The van der Waals surface area contributed by atoms with Crippen molar-refractivity contribution >= 4 is 5.91 Å². The van der Waals surface area contributed by atoms with Crippen LogP contribution in [0.25, 0.3) is 0 Å². The van der Waals surface area contributed by atoms with Crippen molar-refractivity contribution in [2.75, 3.05) is 19.8 Å². The van der Waals surface area contributed by atoms with Gasteiger partial charge in [-0.3, -0.25) is 4.79 Å². The zero-order chi connectivity index (χ0) is 15.0. The minimum Gasteiger partial charge on any atom is -0.481 e. The van der Waals surface area contributed by atoms with Gasteiger partial charge in [-0.05, 0) is 51.3 Å². The Morgan fingerprint density at radius 3 is 2.80 bits per heavy atom. The number of hydrogen-bond acceptors (Lipinski definition) is 3. The number of rotatable bonds is 8. The van der Waals surface area contributed by atoms with E-state index in [4.69, 9.17) is 9.47 Å². The number of benzene rings is 1. The summed E-state index contributed by atoms with van der Waals surface area (Å²) in [6.07, 6.45) is 0.318. The molecule has 0 radical (unpaired) electrons.